The predicted molar refractivity (Wildman–Crippen MR) is 95.7 cm³/mol. The van der Waals surface area contributed by atoms with Crippen LogP contribution in [0.15, 0.2) is 28.7 Å². The van der Waals surface area contributed by atoms with Gasteiger partial charge in [-0.1, -0.05) is 46.7 Å². The van der Waals surface area contributed by atoms with E-state index in [0.29, 0.717) is 12.3 Å². The Morgan fingerprint density at radius 2 is 2.08 bits per heavy atom. The van der Waals surface area contributed by atoms with Gasteiger partial charge in [-0.3, -0.25) is 14.4 Å². The standard InChI is InChI=1S/C16H19BrN2O4S/c1-2-13(11-3-5-12(17)6-4-11)18-14(20)10-23-15(21)9-19-7-8-24-16(19)22/h3-6,13H,2,7-10H2,1H3,(H,18,20)/t13-/m1/s1. The van der Waals surface area contributed by atoms with Crippen molar-refractivity contribution in [3.8, 4) is 0 Å². The Balaban J connectivity index is 1.78. The highest BCUT2D eigenvalue weighted by molar-refractivity contribution is 9.10. The van der Waals surface area contributed by atoms with Crippen LogP contribution in [-0.4, -0.2) is 47.5 Å². The van der Waals surface area contributed by atoms with Crippen LogP contribution in [0.25, 0.3) is 0 Å². The lowest BCUT2D eigenvalue weighted by atomic mass is 10.0. The molecule has 1 N–H and O–H groups in total. The van der Waals surface area contributed by atoms with Gasteiger partial charge in [0.15, 0.2) is 6.61 Å². The van der Waals surface area contributed by atoms with Gasteiger partial charge in [0.25, 0.3) is 11.1 Å². The molecular weight excluding hydrogens is 396 g/mol. The van der Waals surface area contributed by atoms with Crippen molar-refractivity contribution in [1.29, 1.82) is 0 Å². The van der Waals surface area contributed by atoms with Crippen molar-refractivity contribution in [2.75, 3.05) is 25.4 Å². The molecule has 0 aromatic heterocycles. The first kappa shape index (κ1) is 18.8. The minimum Gasteiger partial charge on any atom is -0.454 e. The first-order valence-electron chi connectivity index (χ1n) is 7.61. The molecule has 1 aromatic rings. The Labute approximate surface area is 153 Å². The number of benzene rings is 1. The van der Waals surface area contributed by atoms with Gasteiger partial charge in [0.05, 0.1) is 6.04 Å². The average Bonchev–Trinajstić information content (AvgIpc) is 2.96. The normalized spacial score (nSPS) is 15.2. The molecule has 1 aliphatic heterocycles. The van der Waals surface area contributed by atoms with Crippen molar-refractivity contribution in [3.05, 3.63) is 34.3 Å². The zero-order valence-corrected chi connectivity index (χ0v) is 15.7. The molecule has 0 unspecified atom stereocenters. The Bertz CT molecular complexity index is 609. The molecule has 2 rings (SSSR count). The minimum absolute atomic E-state index is 0.108. The number of ether oxygens (including phenoxy) is 1. The quantitative estimate of drug-likeness (QED) is 0.694. The van der Waals surface area contributed by atoms with E-state index in [1.165, 1.54) is 16.7 Å². The van der Waals surface area contributed by atoms with Crippen LogP contribution in [0.1, 0.15) is 24.9 Å². The Hall–Kier alpha value is -1.54. The number of thioether (sulfide) groups is 1. The molecule has 0 spiro atoms. The predicted octanol–water partition coefficient (Wildman–Crippen LogP) is 2.73. The van der Waals surface area contributed by atoms with E-state index >= 15 is 0 Å². The highest BCUT2D eigenvalue weighted by atomic mass is 79.9. The largest absolute Gasteiger partial charge is 0.454 e. The number of amides is 2. The number of hydrogen-bond acceptors (Lipinski definition) is 5. The third-order valence-electron chi connectivity index (χ3n) is 3.54. The summed E-state index contributed by atoms with van der Waals surface area (Å²) in [7, 11) is 0. The van der Waals surface area contributed by atoms with E-state index in [4.69, 9.17) is 4.74 Å². The number of hydrogen-bond donors (Lipinski definition) is 1. The summed E-state index contributed by atoms with van der Waals surface area (Å²) in [6, 6.07) is 7.55. The van der Waals surface area contributed by atoms with E-state index in [1.807, 2.05) is 31.2 Å². The van der Waals surface area contributed by atoms with Crippen molar-refractivity contribution >= 4 is 44.8 Å². The maximum absolute atomic E-state index is 12.0. The van der Waals surface area contributed by atoms with E-state index in [2.05, 4.69) is 21.2 Å². The molecule has 1 heterocycles. The first-order chi connectivity index (χ1) is 11.5. The SMILES string of the molecule is CC[C@@H](NC(=O)COC(=O)CN1CCSC1=O)c1ccc(Br)cc1. The molecule has 0 saturated carbocycles. The molecular formula is C16H19BrN2O4S. The maximum Gasteiger partial charge on any atom is 0.326 e. The number of nitrogens with zero attached hydrogens (tertiary/aromatic N) is 1. The molecule has 130 valence electrons. The molecule has 0 aliphatic carbocycles. The highest BCUT2D eigenvalue weighted by Crippen LogP contribution is 2.19. The molecule has 1 aliphatic rings. The number of rotatable bonds is 7. The van der Waals surface area contributed by atoms with E-state index in [9.17, 15) is 14.4 Å². The van der Waals surface area contributed by atoms with Gasteiger partial charge in [-0.2, -0.15) is 0 Å². The van der Waals surface area contributed by atoms with E-state index in [0.717, 1.165) is 16.5 Å². The molecule has 1 atom stereocenters. The van der Waals surface area contributed by atoms with E-state index in [1.54, 1.807) is 0 Å². The second kappa shape index (κ2) is 9.08. The summed E-state index contributed by atoms with van der Waals surface area (Å²) in [5.74, 6) is -0.254. The number of halogens is 1. The molecule has 24 heavy (non-hydrogen) atoms. The topological polar surface area (TPSA) is 75.7 Å². The van der Waals surface area contributed by atoms with E-state index < -0.39 is 5.97 Å². The molecule has 6 nitrogen and oxygen atoms in total. The van der Waals surface area contributed by atoms with Crippen LogP contribution in [0.5, 0.6) is 0 Å². The molecule has 2 amide bonds. The van der Waals surface area contributed by atoms with Crippen LogP contribution >= 0.6 is 27.7 Å². The van der Waals surface area contributed by atoms with Crippen LogP contribution in [0.3, 0.4) is 0 Å². The monoisotopic (exact) mass is 414 g/mol. The first-order valence-corrected chi connectivity index (χ1v) is 9.39. The molecule has 8 heteroatoms. The fraction of sp³-hybridized carbons (Fsp3) is 0.438. The lowest BCUT2D eigenvalue weighted by Gasteiger charge is -2.18. The minimum atomic E-state index is -0.572. The van der Waals surface area contributed by atoms with Crippen LogP contribution in [0.4, 0.5) is 4.79 Å². The molecule has 0 bridgehead atoms. The summed E-state index contributed by atoms with van der Waals surface area (Å²) in [6.45, 7) is 2.05. The number of nitrogens with one attached hydrogen (secondary N) is 1. The highest BCUT2D eigenvalue weighted by Gasteiger charge is 2.24. The molecule has 1 aromatic carbocycles. The van der Waals surface area contributed by atoms with Crippen LogP contribution in [0.2, 0.25) is 0 Å². The molecule has 1 saturated heterocycles. The second-order valence-corrected chi connectivity index (χ2v) is 7.24. The van der Waals surface area contributed by atoms with Gasteiger partial charge in [0.2, 0.25) is 0 Å². The summed E-state index contributed by atoms with van der Waals surface area (Å²) in [4.78, 5) is 36.5. The van der Waals surface area contributed by atoms with E-state index in [-0.39, 0.29) is 30.3 Å². The lowest BCUT2D eigenvalue weighted by Crippen LogP contribution is -2.35. The van der Waals surface area contributed by atoms with Crippen LogP contribution in [0, 0.1) is 0 Å². The van der Waals surface area contributed by atoms with Crippen molar-refractivity contribution in [1.82, 2.24) is 10.2 Å². The summed E-state index contributed by atoms with van der Waals surface area (Å²) in [6.07, 6.45) is 0.723. The van der Waals surface area contributed by atoms with Crippen LogP contribution in [-0.2, 0) is 14.3 Å². The Kier molecular flexibility index (Phi) is 7.11. The number of carbonyl (C=O) groups excluding carboxylic acids is 3. The summed E-state index contributed by atoms with van der Waals surface area (Å²) in [5, 5.41) is 2.72. The van der Waals surface area contributed by atoms with Gasteiger partial charge in [0, 0.05) is 16.8 Å². The summed E-state index contributed by atoms with van der Waals surface area (Å²) < 4.78 is 5.92. The van der Waals surface area contributed by atoms with Crippen molar-refractivity contribution < 1.29 is 19.1 Å². The third-order valence-corrected chi connectivity index (χ3v) is 4.97. The maximum atomic E-state index is 12.0. The van der Waals surface area contributed by atoms with Gasteiger partial charge in [-0.05, 0) is 24.1 Å². The smallest absolute Gasteiger partial charge is 0.326 e. The summed E-state index contributed by atoms with van der Waals surface area (Å²) in [5.41, 5.74) is 0.986. The van der Waals surface area contributed by atoms with Crippen molar-refractivity contribution in [3.63, 3.8) is 0 Å². The lowest BCUT2D eigenvalue weighted by molar-refractivity contribution is -0.149. The fourth-order valence-corrected chi connectivity index (χ4v) is 3.36. The van der Waals surface area contributed by atoms with Crippen molar-refractivity contribution in [2.24, 2.45) is 0 Å². The zero-order valence-electron chi connectivity index (χ0n) is 13.3. The van der Waals surface area contributed by atoms with Crippen molar-refractivity contribution in [2.45, 2.75) is 19.4 Å². The van der Waals surface area contributed by atoms with Gasteiger partial charge in [-0.15, -0.1) is 0 Å². The van der Waals surface area contributed by atoms with Gasteiger partial charge in [-0.25, -0.2) is 0 Å². The van der Waals surface area contributed by atoms with Gasteiger partial charge in [0.1, 0.15) is 6.54 Å². The Morgan fingerprint density at radius 3 is 2.67 bits per heavy atom. The average molecular weight is 415 g/mol. The Morgan fingerprint density at radius 1 is 1.38 bits per heavy atom. The number of carbonyl (C=O) groups is 3. The fourth-order valence-electron chi connectivity index (χ4n) is 2.27. The van der Waals surface area contributed by atoms with Gasteiger partial charge >= 0.3 is 5.97 Å². The molecule has 1 fully saturated rings. The number of esters is 1. The molecule has 0 radical (unpaired) electrons. The van der Waals surface area contributed by atoms with Crippen LogP contribution < -0.4 is 5.32 Å². The van der Waals surface area contributed by atoms with Gasteiger partial charge < -0.3 is 15.0 Å². The third kappa shape index (κ3) is 5.52. The summed E-state index contributed by atoms with van der Waals surface area (Å²) >= 11 is 4.55. The zero-order chi connectivity index (χ0) is 17.5. The second-order valence-electron chi connectivity index (χ2n) is 5.28.